The Balaban J connectivity index is 1.99. The Bertz CT molecular complexity index is 262. The summed E-state index contributed by atoms with van der Waals surface area (Å²) < 4.78 is 5.53. The third-order valence-electron chi connectivity index (χ3n) is 4.18. The fourth-order valence-electron chi connectivity index (χ4n) is 3.27. The van der Waals surface area contributed by atoms with Crippen LogP contribution in [0, 0.1) is 11.8 Å². The van der Waals surface area contributed by atoms with Gasteiger partial charge in [-0.1, -0.05) is 20.3 Å². The first-order valence-corrected chi connectivity index (χ1v) is 7.35. The number of nitrogens with one attached hydrogen (secondary N) is 1. The molecule has 0 aromatic carbocycles. The van der Waals surface area contributed by atoms with E-state index in [-0.39, 0.29) is 0 Å². The first kappa shape index (κ1) is 12.9. The van der Waals surface area contributed by atoms with E-state index in [4.69, 9.17) is 4.74 Å². The Kier molecular flexibility index (Phi) is 4.90. The molecule has 98 valence electrons. The lowest BCUT2D eigenvalue weighted by Gasteiger charge is -2.29. The van der Waals surface area contributed by atoms with E-state index in [9.17, 15) is 0 Å². The number of ether oxygens (including phenoxy) is 1. The maximum atomic E-state index is 5.53. The summed E-state index contributed by atoms with van der Waals surface area (Å²) >= 11 is 0. The van der Waals surface area contributed by atoms with E-state index in [1.807, 2.05) is 6.26 Å². The average Bonchev–Trinajstić information content (AvgIpc) is 2.78. The molecule has 0 spiro atoms. The molecule has 1 heterocycles. The Labute approximate surface area is 106 Å². The van der Waals surface area contributed by atoms with Crippen molar-refractivity contribution in [2.75, 3.05) is 13.2 Å². The van der Waals surface area contributed by atoms with Crippen LogP contribution in [0.5, 0.6) is 0 Å². The van der Waals surface area contributed by atoms with Crippen LogP contribution in [0.2, 0.25) is 0 Å². The SMILES string of the molecule is CCCNC(C1=COCCC1)C1CCC(C)C1. The molecule has 2 heteroatoms. The molecule has 1 fully saturated rings. The zero-order valence-corrected chi connectivity index (χ0v) is 11.4. The highest BCUT2D eigenvalue weighted by molar-refractivity contribution is 5.12. The van der Waals surface area contributed by atoms with E-state index < -0.39 is 0 Å². The third-order valence-corrected chi connectivity index (χ3v) is 4.18. The van der Waals surface area contributed by atoms with Gasteiger partial charge < -0.3 is 10.1 Å². The largest absolute Gasteiger partial charge is 0.501 e. The topological polar surface area (TPSA) is 21.3 Å². The van der Waals surface area contributed by atoms with Crippen LogP contribution < -0.4 is 5.32 Å². The van der Waals surface area contributed by atoms with Crippen LogP contribution >= 0.6 is 0 Å². The Morgan fingerprint density at radius 1 is 1.47 bits per heavy atom. The minimum Gasteiger partial charge on any atom is -0.501 e. The molecule has 3 atom stereocenters. The van der Waals surface area contributed by atoms with Crippen molar-refractivity contribution >= 4 is 0 Å². The van der Waals surface area contributed by atoms with Crippen molar-refractivity contribution in [2.45, 2.75) is 58.4 Å². The quantitative estimate of drug-likeness (QED) is 0.790. The lowest BCUT2D eigenvalue weighted by atomic mass is 9.88. The molecule has 1 aliphatic heterocycles. The van der Waals surface area contributed by atoms with E-state index >= 15 is 0 Å². The number of rotatable bonds is 5. The van der Waals surface area contributed by atoms with Crippen molar-refractivity contribution in [1.82, 2.24) is 5.32 Å². The van der Waals surface area contributed by atoms with E-state index in [0.29, 0.717) is 6.04 Å². The Morgan fingerprint density at radius 2 is 2.35 bits per heavy atom. The van der Waals surface area contributed by atoms with Gasteiger partial charge in [0.1, 0.15) is 0 Å². The molecule has 0 amide bonds. The van der Waals surface area contributed by atoms with Crippen molar-refractivity contribution in [2.24, 2.45) is 11.8 Å². The van der Waals surface area contributed by atoms with E-state index in [0.717, 1.165) is 25.0 Å². The zero-order chi connectivity index (χ0) is 12.1. The van der Waals surface area contributed by atoms with E-state index in [1.165, 1.54) is 44.1 Å². The van der Waals surface area contributed by atoms with Gasteiger partial charge in [-0.2, -0.15) is 0 Å². The number of hydrogen-bond donors (Lipinski definition) is 1. The lowest BCUT2D eigenvalue weighted by Crippen LogP contribution is -2.38. The Morgan fingerprint density at radius 3 is 2.94 bits per heavy atom. The van der Waals surface area contributed by atoms with Crippen LogP contribution in [0.4, 0.5) is 0 Å². The first-order valence-electron chi connectivity index (χ1n) is 7.35. The molecular weight excluding hydrogens is 210 g/mol. The predicted molar refractivity (Wildman–Crippen MR) is 71.9 cm³/mol. The van der Waals surface area contributed by atoms with Gasteiger partial charge in [-0.25, -0.2) is 0 Å². The van der Waals surface area contributed by atoms with Crippen LogP contribution in [-0.4, -0.2) is 19.2 Å². The highest BCUT2D eigenvalue weighted by Gasteiger charge is 2.31. The van der Waals surface area contributed by atoms with E-state index in [1.54, 1.807) is 0 Å². The van der Waals surface area contributed by atoms with Crippen LogP contribution in [0.1, 0.15) is 52.4 Å². The molecule has 1 aliphatic carbocycles. The molecule has 3 unspecified atom stereocenters. The summed E-state index contributed by atoms with van der Waals surface area (Å²) in [7, 11) is 0. The number of hydrogen-bond acceptors (Lipinski definition) is 2. The highest BCUT2D eigenvalue weighted by Crippen LogP contribution is 2.36. The second-order valence-electron chi connectivity index (χ2n) is 5.78. The fourth-order valence-corrected chi connectivity index (χ4v) is 3.27. The fraction of sp³-hybridized carbons (Fsp3) is 0.867. The molecule has 1 saturated carbocycles. The van der Waals surface area contributed by atoms with Gasteiger partial charge in [0.2, 0.25) is 0 Å². The van der Waals surface area contributed by atoms with Crippen molar-refractivity contribution in [3.05, 3.63) is 11.8 Å². The lowest BCUT2D eigenvalue weighted by molar-refractivity contribution is 0.213. The predicted octanol–water partition coefficient (Wildman–Crippen LogP) is 3.49. The minimum absolute atomic E-state index is 0.584. The monoisotopic (exact) mass is 237 g/mol. The second kappa shape index (κ2) is 6.44. The van der Waals surface area contributed by atoms with Gasteiger partial charge in [0, 0.05) is 6.04 Å². The molecular formula is C15H27NO. The maximum Gasteiger partial charge on any atom is 0.0876 e. The van der Waals surface area contributed by atoms with Crippen LogP contribution in [-0.2, 0) is 4.74 Å². The Hall–Kier alpha value is -0.500. The van der Waals surface area contributed by atoms with Gasteiger partial charge in [-0.3, -0.25) is 0 Å². The van der Waals surface area contributed by atoms with E-state index in [2.05, 4.69) is 19.2 Å². The van der Waals surface area contributed by atoms with Crippen molar-refractivity contribution in [3.8, 4) is 0 Å². The summed E-state index contributed by atoms with van der Waals surface area (Å²) in [5.74, 6) is 1.75. The smallest absolute Gasteiger partial charge is 0.0876 e. The van der Waals surface area contributed by atoms with Gasteiger partial charge in [0.15, 0.2) is 0 Å². The summed E-state index contributed by atoms with van der Waals surface area (Å²) in [4.78, 5) is 0. The average molecular weight is 237 g/mol. The second-order valence-corrected chi connectivity index (χ2v) is 5.78. The molecule has 0 aromatic heterocycles. The summed E-state index contributed by atoms with van der Waals surface area (Å²) in [5, 5.41) is 3.75. The highest BCUT2D eigenvalue weighted by atomic mass is 16.5. The third kappa shape index (κ3) is 3.48. The molecule has 0 bridgehead atoms. The summed E-state index contributed by atoms with van der Waals surface area (Å²) in [6.07, 6.45) is 9.86. The molecule has 2 aliphatic rings. The van der Waals surface area contributed by atoms with Gasteiger partial charge in [-0.15, -0.1) is 0 Å². The summed E-state index contributed by atoms with van der Waals surface area (Å²) in [6, 6.07) is 0.584. The normalized spacial score (nSPS) is 30.8. The van der Waals surface area contributed by atoms with Gasteiger partial charge in [-0.05, 0) is 56.1 Å². The van der Waals surface area contributed by atoms with Gasteiger partial charge in [0.25, 0.3) is 0 Å². The minimum atomic E-state index is 0.584. The van der Waals surface area contributed by atoms with Crippen LogP contribution in [0.3, 0.4) is 0 Å². The van der Waals surface area contributed by atoms with Crippen molar-refractivity contribution in [3.63, 3.8) is 0 Å². The molecule has 17 heavy (non-hydrogen) atoms. The molecule has 1 N–H and O–H groups in total. The van der Waals surface area contributed by atoms with Crippen molar-refractivity contribution in [1.29, 1.82) is 0 Å². The van der Waals surface area contributed by atoms with Gasteiger partial charge in [0.05, 0.1) is 12.9 Å². The van der Waals surface area contributed by atoms with Crippen LogP contribution in [0.15, 0.2) is 11.8 Å². The van der Waals surface area contributed by atoms with Crippen molar-refractivity contribution < 1.29 is 4.74 Å². The van der Waals surface area contributed by atoms with Crippen LogP contribution in [0.25, 0.3) is 0 Å². The standard InChI is InChI=1S/C15H27NO/c1-3-8-16-15(13-7-6-12(2)10-13)14-5-4-9-17-11-14/h11-13,15-16H,3-10H2,1-2H3. The molecule has 0 saturated heterocycles. The molecule has 2 rings (SSSR count). The molecule has 0 radical (unpaired) electrons. The maximum absolute atomic E-state index is 5.53. The zero-order valence-electron chi connectivity index (χ0n) is 11.4. The summed E-state index contributed by atoms with van der Waals surface area (Å²) in [6.45, 7) is 6.67. The van der Waals surface area contributed by atoms with Gasteiger partial charge >= 0.3 is 0 Å². The molecule has 0 aromatic rings. The summed E-state index contributed by atoms with van der Waals surface area (Å²) in [5.41, 5.74) is 1.52. The first-order chi connectivity index (χ1) is 8.31. The molecule has 2 nitrogen and oxygen atoms in total.